The van der Waals surface area contributed by atoms with E-state index in [2.05, 4.69) is 205 Å². The van der Waals surface area contributed by atoms with E-state index in [1.165, 1.54) is 84.5 Å². The summed E-state index contributed by atoms with van der Waals surface area (Å²) >= 11 is 3.75. The second-order valence-electron chi connectivity index (χ2n) is 14.1. The molecule has 9 aromatic carbocycles. The van der Waals surface area contributed by atoms with Gasteiger partial charge in [0.05, 0.1) is 0 Å². The molecule has 0 saturated heterocycles. The van der Waals surface area contributed by atoms with Crippen molar-refractivity contribution in [2.24, 2.45) is 0 Å². The molecule has 2 aromatic heterocycles. The number of rotatable bonds is 6. The van der Waals surface area contributed by atoms with Gasteiger partial charge in [0.25, 0.3) is 0 Å². The van der Waals surface area contributed by atoms with Crippen molar-refractivity contribution in [2.75, 3.05) is 4.90 Å². The molecular formula is C52H33NS2. The summed E-state index contributed by atoms with van der Waals surface area (Å²) in [5, 5.41) is 7.87. The molecule has 2 heterocycles. The average Bonchev–Trinajstić information content (AvgIpc) is 3.82. The standard InChI is InChI=1S/C52H33NS2/c1-2-9-34(10-3-1)35-19-25-41(26-20-35)53(43-29-23-37(24-30-43)44-13-8-14-47-45-11-4-7-16-50(45)55-52(44)47)42-27-21-36(22-28-42)38-17-18-39-32-48-46-12-5-6-15-49(46)54-51(48)33-40(39)31-38/h1-33H. The molecule has 11 rings (SSSR count). The number of benzene rings is 9. The van der Waals surface area contributed by atoms with Gasteiger partial charge in [-0.1, -0.05) is 133 Å². The minimum absolute atomic E-state index is 1.11. The molecule has 0 atom stereocenters. The Hall–Kier alpha value is -6.52. The van der Waals surface area contributed by atoms with Gasteiger partial charge in [-0.3, -0.25) is 0 Å². The third-order valence-electron chi connectivity index (χ3n) is 10.9. The summed E-state index contributed by atoms with van der Waals surface area (Å²) in [6.07, 6.45) is 0. The van der Waals surface area contributed by atoms with Crippen LogP contribution < -0.4 is 4.90 Å². The van der Waals surface area contributed by atoms with Gasteiger partial charge in [-0.2, -0.15) is 0 Å². The van der Waals surface area contributed by atoms with E-state index in [9.17, 15) is 0 Å². The van der Waals surface area contributed by atoms with Crippen molar-refractivity contribution in [2.45, 2.75) is 0 Å². The van der Waals surface area contributed by atoms with E-state index in [4.69, 9.17) is 0 Å². The Morgan fingerprint density at radius 3 is 1.51 bits per heavy atom. The van der Waals surface area contributed by atoms with Crippen LogP contribution in [0.2, 0.25) is 0 Å². The SMILES string of the molecule is c1ccc(-c2ccc(N(c3ccc(-c4ccc5cc6c(cc5c4)sc4ccccc46)cc3)c3ccc(-c4cccc5c4sc4ccccc45)cc3)cc2)cc1. The van der Waals surface area contributed by atoms with Gasteiger partial charge >= 0.3 is 0 Å². The molecule has 1 nitrogen and oxygen atoms in total. The quantitative estimate of drug-likeness (QED) is 0.164. The van der Waals surface area contributed by atoms with Crippen molar-refractivity contribution in [3.05, 3.63) is 200 Å². The predicted molar refractivity (Wildman–Crippen MR) is 241 cm³/mol. The normalized spacial score (nSPS) is 11.6. The first kappa shape index (κ1) is 32.0. The number of hydrogen-bond donors (Lipinski definition) is 0. The van der Waals surface area contributed by atoms with Gasteiger partial charge < -0.3 is 4.90 Å². The molecule has 3 heteroatoms. The van der Waals surface area contributed by atoms with Crippen LogP contribution in [0.4, 0.5) is 17.1 Å². The van der Waals surface area contributed by atoms with Gasteiger partial charge in [-0.15, -0.1) is 22.7 Å². The number of anilines is 3. The largest absolute Gasteiger partial charge is 0.311 e. The molecule has 0 aliphatic rings. The molecule has 0 unspecified atom stereocenters. The number of fused-ring (bicyclic) bond motifs is 7. The van der Waals surface area contributed by atoms with Crippen molar-refractivity contribution in [1.82, 2.24) is 0 Å². The van der Waals surface area contributed by atoms with Crippen LogP contribution in [0.15, 0.2) is 200 Å². The molecule has 0 N–H and O–H groups in total. The summed E-state index contributed by atoms with van der Waals surface area (Å²) in [6.45, 7) is 0. The van der Waals surface area contributed by atoms with Crippen LogP contribution in [0.25, 0.3) is 84.5 Å². The maximum atomic E-state index is 2.36. The Morgan fingerprint density at radius 1 is 0.291 bits per heavy atom. The van der Waals surface area contributed by atoms with E-state index in [1.807, 2.05) is 22.7 Å². The predicted octanol–water partition coefficient (Wildman–Crippen LogP) is 16.0. The van der Waals surface area contributed by atoms with Gasteiger partial charge in [0.15, 0.2) is 0 Å². The second kappa shape index (κ2) is 13.1. The first-order chi connectivity index (χ1) is 27.2. The maximum absolute atomic E-state index is 2.36. The zero-order chi connectivity index (χ0) is 36.3. The summed E-state index contributed by atoms with van der Waals surface area (Å²) in [5.74, 6) is 0. The van der Waals surface area contributed by atoms with Crippen molar-refractivity contribution in [3.8, 4) is 33.4 Å². The lowest BCUT2D eigenvalue weighted by Gasteiger charge is -2.26. The maximum Gasteiger partial charge on any atom is 0.0462 e. The lowest BCUT2D eigenvalue weighted by molar-refractivity contribution is 1.28. The topological polar surface area (TPSA) is 3.24 Å². The molecule has 258 valence electrons. The van der Waals surface area contributed by atoms with Crippen molar-refractivity contribution in [1.29, 1.82) is 0 Å². The molecule has 0 radical (unpaired) electrons. The van der Waals surface area contributed by atoms with E-state index in [1.54, 1.807) is 0 Å². The van der Waals surface area contributed by atoms with E-state index < -0.39 is 0 Å². The minimum atomic E-state index is 1.11. The van der Waals surface area contributed by atoms with Crippen LogP contribution in [0.1, 0.15) is 0 Å². The minimum Gasteiger partial charge on any atom is -0.311 e. The van der Waals surface area contributed by atoms with E-state index in [-0.39, 0.29) is 0 Å². The summed E-state index contributed by atoms with van der Waals surface area (Å²) in [4.78, 5) is 2.36. The molecule has 0 fully saturated rings. The van der Waals surface area contributed by atoms with E-state index in [0.717, 1.165) is 17.1 Å². The molecule has 0 bridgehead atoms. The zero-order valence-corrected chi connectivity index (χ0v) is 31.4. The highest BCUT2D eigenvalue weighted by Gasteiger charge is 2.16. The fraction of sp³-hybridized carbons (Fsp3) is 0. The Morgan fingerprint density at radius 2 is 0.818 bits per heavy atom. The number of hydrogen-bond acceptors (Lipinski definition) is 3. The number of nitrogens with zero attached hydrogens (tertiary/aromatic N) is 1. The van der Waals surface area contributed by atoms with Gasteiger partial charge in [0.1, 0.15) is 0 Å². The van der Waals surface area contributed by atoms with E-state index >= 15 is 0 Å². The summed E-state index contributed by atoms with van der Waals surface area (Å²) in [7, 11) is 0. The second-order valence-corrected chi connectivity index (χ2v) is 16.3. The summed E-state index contributed by atoms with van der Waals surface area (Å²) in [6, 6.07) is 73.3. The van der Waals surface area contributed by atoms with Gasteiger partial charge in [0, 0.05) is 57.4 Å². The Balaban J connectivity index is 0.968. The third kappa shape index (κ3) is 5.60. The molecule has 0 spiro atoms. The van der Waals surface area contributed by atoms with Gasteiger partial charge in [-0.05, 0) is 111 Å². The monoisotopic (exact) mass is 735 g/mol. The van der Waals surface area contributed by atoms with E-state index in [0.29, 0.717) is 0 Å². The van der Waals surface area contributed by atoms with Crippen molar-refractivity contribution >= 4 is 90.9 Å². The molecule has 0 aliphatic carbocycles. The van der Waals surface area contributed by atoms with Crippen LogP contribution in [0, 0.1) is 0 Å². The fourth-order valence-electron chi connectivity index (χ4n) is 8.10. The Labute approximate surface area is 327 Å². The molecular weight excluding hydrogens is 703 g/mol. The fourth-order valence-corrected chi connectivity index (χ4v) is 10.5. The molecule has 0 aliphatic heterocycles. The first-order valence-electron chi connectivity index (χ1n) is 18.7. The average molecular weight is 736 g/mol. The highest BCUT2D eigenvalue weighted by molar-refractivity contribution is 7.26. The van der Waals surface area contributed by atoms with Crippen molar-refractivity contribution in [3.63, 3.8) is 0 Å². The smallest absolute Gasteiger partial charge is 0.0462 e. The van der Waals surface area contributed by atoms with Crippen molar-refractivity contribution < 1.29 is 0 Å². The Kier molecular flexibility index (Phi) is 7.61. The Bertz CT molecular complexity index is 3170. The zero-order valence-electron chi connectivity index (χ0n) is 29.8. The van der Waals surface area contributed by atoms with Crippen LogP contribution >= 0.6 is 22.7 Å². The lowest BCUT2D eigenvalue weighted by atomic mass is 9.99. The number of thiophene rings is 2. The molecule has 11 aromatic rings. The molecule has 0 saturated carbocycles. The van der Waals surface area contributed by atoms with Gasteiger partial charge in [0.2, 0.25) is 0 Å². The highest BCUT2D eigenvalue weighted by atomic mass is 32.1. The van der Waals surface area contributed by atoms with Crippen LogP contribution in [-0.4, -0.2) is 0 Å². The van der Waals surface area contributed by atoms with Gasteiger partial charge in [-0.25, -0.2) is 0 Å². The summed E-state index contributed by atoms with van der Waals surface area (Å²) < 4.78 is 5.34. The third-order valence-corrected chi connectivity index (χ3v) is 13.2. The van der Waals surface area contributed by atoms with Crippen LogP contribution in [0.5, 0.6) is 0 Å². The van der Waals surface area contributed by atoms with Crippen LogP contribution in [0.3, 0.4) is 0 Å². The molecule has 0 amide bonds. The molecule has 55 heavy (non-hydrogen) atoms. The first-order valence-corrected chi connectivity index (χ1v) is 20.3. The highest BCUT2D eigenvalue weighted by Crippen LogP contribution is 2.42. The van der Waals surface area contributed by atoms with Crippen LogP contribution in [-0.2, 0) is 0 Å². The summed E-state index contributed by atoms with van der Waals surface area (Å²) in [5.41, 5.74) is 10.7. The lowest BCUT2D eigenvalue weighted by Crippen LogP contribution is -2.09.